The van der Waals surface area contributed by atoms with Gasteiger partial charge in [0.2, 0.25) is 5.91 Å². The summed E-state index contributed by atoms with van der Waals surface area (Å²) >= 11 is 0. The Morgan fingerprint density at radius 1 is 0.970 bits per heavy atom. The number of aromatic nitrogens is 2. The molecule has 0 aliphatic carbocycles. The third-order valence-electron chi connectivity index (χ3n) is 5.48. The summed E-state index contributed by atoms with van der Waals surface area (Å²) in [7, 11) is 3.09. The van der Waals surface area contributed by atoms with Crippen LogP contribution >= 0.6 is 0 Å². The van der Waals surface area contributed by atoms with Gasteiger partial charge in [-0.1, -0.05) is 0 Å². The van der Waals surface area contributed by atoms with Crippen molar-refractivity contribution in [3.8, 4) is 22.8 Å². The van der Waals surface area contributed by atoms with E-state index in [4.69, 9.17) is 13.9 Å². The molecular weight excluding hydrogens is 428 g/mol. The molecule has 10 heteroatoms. The standard InChI is InChI=1S/C23H24N4O6/c1-31-18-7-5-16(14-20(18)32-2)17-6-8-21(28)27(24-17)15-22(29)25-9-11-26(12-10-25)23(30)19-4-3-13-33-19/h3-8,13-14H,9-12,15H2,1-2H3. The topological polar surface area (TPSA) is 107 Å². The monoisotopic (exact) mass is 452 g/mol. The number of carbonyl (C=O) groups excluding carboxylic acids is 2. The van der Waals surface area contributed by atoms with Crippen LogP contribution in [0.5, 0.6) is 11.5 Å². The van der Waals surface area contributed by atoms with Gasteiger partial charge in [0, 0.05) is 37.8 Å². The molecule has 0 spiro atoms. The Kier molecular flexibility index (Phi) is 6.43. The first-order valence-corrected chi connectivity index (χ1v) is 10.4. The van der Waals surface area contributed by atoms with Gasteiger partial charge in [-0.3, -0.25) is 14.4 Å². The second-order valence-electron chi connectivity index (χ2n) is 7.43. The molecule has 0 radical (unpaired) electrons. The number of ether oxygens (including phenoxy) is 2. The molecule has 0 N–H and O–H groups in total. The molecule has 2 aromatic heterocycles. The Labute approximate surface area is 189 Å². The Morgan fingerprint density at radius 3 is 2.36 bits per heavy atom. The van der Waals surface area contributed by atoms with E-state index in [1.807, 2.05) is 0 Å². The number of carbonyl (C=O) groups is 2. The predicted molar refractivity (Wildman–Crippen MR) is 118 cm³/mol. The lowest BCUT2D eigenvalue weighted by Crippen LogP contribution is -2.51. The quantitative estimate of drug-likeness (QED) is 0.558. The van der Waals surface area contributed by atoms with Crippen molar-refractivity contribution in [3.63, 3.8) is 0 Å². The number of rotatable bonds is 6. The van der Waals surface area contributed by atoms with Crippen molar-refractivity contribution >= 4 is 11.8 Å². The van der Waals surface area contributed by atoms with E-state index in [0.717, 1.165) is 10.2 Å². The second kappa shape index (κ2) is 9.60. The molecule has 0 unspecified atom stereocenters. The van der Waals surface area contributed by atoms with Gasteiger partial charge in [0.05, 0.1) is 26.2 Å². The van der Waals surface area contributed by atoms with Gasteiger partial charge >= 0.3 is 0 Å². The van der Waals surface area contributed by atoms with Crippen LogP contribution < -0.4 is 15.0 Å². The Balaban J connectivity index is 1.44. The molecule has 1 aromatic carbocycles. The third kappa shape index (κ3) is 4.74. The number of amides is 2. The highest BCUT2D eigenvalue weighted by Crippen LogP contribution is 2.31. The highest BCUT2D eigenvalue weighted by molar-refractivity contribution is 5.91. The number of methoxy groups -OCH3 is 2. The summed E-state index contributed by atoms with van der Waals surface area (Å²) in [5.74, 6) is 0.950. The highest BCUT2D eigenvalue weighted by atomic mass is 16.5. The molecule has 2 amide bonds. The molecule has 3 heterocycles. The van der Waals surface area contributed by atoms with E-state index < -0.39 is 0 Å². The van der Waals surface area contributed by atoms with Crippen LogP contribution in [0.25, 0.3) is 11.3 Å². The maximum absolute atomic E-state index is 12.8. The number of nitrogens with zero attached hydrogens (tertiary/aromatic N) is 4. The molecule has 0 bridgehead atoms. The maximum Gasteiger partial charge on any atom is 0.289 e. The minimum atomic E-state index is -0.376. The lowest BCUT2D eigenvalue weighted by molar-refractivity contribution is -0.133. The van der Waals surface area contributed by atoms with E-state index in [9.17, 15) is 14.4 Å². The average Bonchev–Trinajstić information content (AvgIpc) is 3.39. The smallest absolute Gasteiger partial charge is 0.289 e. The number of furan rings is 1. The van der Waals surface area contributed by atoms with Crippen molar-refractivity contribution in [2.45, 2.75) is 6.54 Å². The SMILES string of the molecule is COc1ccc(-c2ccc(=O)n(CC(=O)N3CCN(C(=O)c4ccco4)CC3)n2)cc1OC. The van der Waals surface area contributed by atoms with Crippen molar-refractivity contribution in [2.24, 2.45) is 0 Å². The van der Waals surface area contributed by atoms with Crippen molar-refractivity contribution in [3.05, 3.63) is 64.8 Å². The minimum absolute atomic E-state index is 0.188. The Hall–Kier alpha value is -4.08. The van der Waals surface area contributed by atoms with Gasteiger partial charge < -0.3 is 23.7 Å². The van der Waals surface area contributed by atoms with Crippen LogP contribution in [0, 0.1) is 0 Å². The maximum atomic E-state index is 12.8. The Bertz CT molecular complexity index is 1200. The third-order valence-corrected chi connectivity index (χ3v) is 5.48. The zero-order valence-electron chi connectivity index (χ0n) is 18.4. The fourth-order valence-corrected chi connectivity index (χ4v) is 3.65. The lowest BCUT2D eigenvalue weighted by Gasteiger charge is -2.34. The lowest BCUT2D eigenvalue weighted by atomic mass is 10.1. The number of hydrogen-bond donors (Lipinski definition) is 0. The fraction of sp³-hybridized carbons (Fsp3) is 0.304. The van der Waals surface area contributed by atoms with Crippen molar-refractivity contribution in [1.29, 1.82) is 0 Å². The summed E-state index contributed by atoms with van der Waals surface area (Å²) in [5.41, 5.74) is 0.871. The van der Waals surface area contributed by atoms with Gasteiger partial charge in [-0.25, -0.2) is 4.68 Å². The molecule has 4 rings (SSSR count). The normalized spacial score (nSPS) is 13.6. The molecular formula is C23H24N4O6. The summed E-state index contributed by atoms with van der Waals surface area (Å²) in [6.07, 6.45) is 1.45. The zero-order chi connectivity index (χ0) is 23.4. The van der Waals surface area contributed by atoms with Gasteiger partial charge in [0.25, 0.3) is 11.5 Å². The molecule has 0 atom stereocenters. The summed E-state index contributed by atoms with van der Waals surface area (Å²) in [6, 6.07) is 11.6. The molecule has 10 nitrogen and oxygen atoms in total. The van der Waals surface area contributed by atoms with Gasteiger partial charge in [-0.2, -0.15) is 5.10 Å². The van der Waals surface area contributed by atoms with E-state index >= 15 is 0 Å². The average molecular weight is 452 g/mol. The molecule has 33 heavy (non-hydrogen) atoms. The summed E-state index contributed by atoms with van der Waals surface area (Å²) in [4.78, 5) is 40.8. The van der Waals surface area contributed by atoms with Crippen LogP contribution in [0.2, 0.25) is 0 Å². The second-order valence-corrected chi connectivity index (χ2v) is 7.43. The number of hydrogen-bond acceptors (Lipinski definition) is 7. The van der Waals surface area contributed by atoms with E-state index in [1.54, 1.807) is 53.3 Å². The number of piperazine rings is 1. The molecule has 3 aromatic rings. The molecule has 1 fully saturated rings. The summed E-state index contributed by atoms with van der Waals surface area (Å²) in [5, 5.41) is 4.37. The van der Waals surface area contributed by atoms with Gasteiger partial charge in [-0.05, 0) is 36.4 Å². The van der Waals surface area contributed by atoms with E-state index in [-0.39, 0.29) is 29.7 Å². The summed E-state index contributed by atoms with van der Waals surface area (Å²) < 4.78 is 16.9. The van der Waals surface area contributed by atoms with Crippen LogP contribution in [0.1, 0.15) is 10.6 Å². The van der Waals surface area contributed by atoms with Crippen molar-refractivity contribution < 1.29 is 23.5 Å². The molecule has 172 valence electrons. The van der Waals surface area contributed by atoms with Crippen LogP contribution in [0.3, 0.4) is 0 Å². The fourth-order valence-electron chi connectivity index (χ4n) is 3.65. The molecule has 1 aliphatic heterocycles. The molecule has 0 saturated carbocycles. The van der Waals surface area contributed by atoms with E-state index in [2.05, 4.69) is 5.10 Å². The predicted octanol–water partition coefficient (Wildman–Crippen LogP) is 1.51. The number of benzene rings is 1. The zero-order valence-corrected chi connectivity index (χ0v) is 18.4. The first-order valence-electron chi connectivity index (χ1n) is 10.4. The van der Waals surface area contributed by atoms with Crippen LogP contribution in [0.15, 0.2) is 57.9 Å². The van der Waals surface area contributed by atoms with Crippen LogP contribution in [0.4, 0.5) is 0 Å². The van der Waals surface area contributed by atoms with E-state index in [0.29, 0.717) is 43.4 Å². The van der Waals surface area contributed by atoms with Crippen LogP contribution in [-0.4, -0.2) is 71.8 Å². The van der Waals surface area contributed by atoms with E-state index in [1.165, 1.54) is 19.4 Å². The van der Waals surface area contributed by atoms with Gasteiger partial charge in [0.15, 0.2) is 17.3 Å². The van der Waals surface area contributed by atoms with Crippen molar-refractivity contribution in [2.75, 3.05) is 40.4 Å². The molecule has 1 aliphatic rings. The van der Waals surface area contributed by atoms with Crippen LogP contribution in [-0.2, 0) is 11.3 Å². The first-order chi connectivity index (χ1) is 16.0. The van der Waals surface area contributed by atoms with Gasteiger partial charge in [-0.15, -0.1) is 0 Å². The van der Waals surface area contributed by atoms with Gasteiger partial charge in [0.1, 0.15) is 6.54 Å². The highest BCUT2D eigenvalue weighted by Gasteiger charge is 2.26. The molecule has 1 saturated heterocycles. The van der Waals surface area contributed by atoms with Crippen molar-refractivity contribution in [1.82, 2.24) is 19.6 Å². The Morgan fingerprint density at radius 2 is 1.70 bits per heavy atom. The minimum Gasteiger partial charge on any atom is -0.493 e. The first kappa shape index (κ1) is 22.1. The summed E-state index contributed by atoms with van der Waals surface area (Å²) in [6.45, 7) is 1.33. The largest absolute Gasteiger partial charge is 0.493 e.